The van der Waals surface area contributed by atoms with Crippen LogP contribution in [-0.4, -0.2) is 35.1 Å². The van der Waals surface area contributed by atoms with Crippen LogP contribution in [0.4, 0.5) is 11.4 Å². The van der Waals surface area contributed by atoms with Crippen LogP contribution in [0, 0.1) is 20.8 Å². The van der Waals surface area contributed by atoms with Gasteiger partial charge in [0.2, 0.25) is 5.91 Å². The molecule has 3 rings (SSSR count). The number of sulfonamides is 1. The number of ether oxygens (including phenoxy) is 2. The van der Waals surface area contributed by atoms with E-state index in [4.69, 9.17) is 9.47 Å². The van der Waals surface area contributed by atoms with Gasteiger partial charge in [-0.15, -0.1) is 0 Å². The van der Waals surface area contributed by atoms with E-state index >= 15 is 0 Å². The lowest BCUT2D eigenvalue weighted by atomic mass is 10.1. The van der Waals surface area contributed by atoms with Gasteiger partial charge in [0, 0.05) is 11.8 Å². The fourth-order valence-electron chi connectivity index (χ4n) is 3.40. The zero-order valence-corrected chi connectivity index (χ0v) is 20.2. The molecule has 0 fully saturated rings. The highest BCUT2D eigenvalue weighted by Crippen LogP contribution is 2.35. The van der Waals surface area contributed by atoms with Crippen LogP contribution in [0.5, 0.6) is 11.5 Å². The first kappa shape index (κ1) is 24.1. The van der Waals surface area contributed by atoms with Gasteiger partial charge < -0.3 is 14.8 Å². The summed E-state index contributed by atoms with van der Waals surface area (Å²) in [5.41, 5.74) is 3.74. The average molecular weight is 469 g/mol. The lowest BCUT2D eigenvalue weighted by Crippen LogP contribution is -2.38. The van der Waals surface area contributed by atoms with Crippen molar-refractivity contribution in [2.24, 2.45) is 0 Å². The number of aryl methyl sites for hydroxylation is 3. The van der Waals surface area contributed by atoms with Crippen molar-refractivity contribution in [3.05, 3.63) is 77.4 Å². The zero-order chi connectivity index (χ0) is 24.2. The quantitative estimate of drug-likeness (QED) is 0.528. The van der Waals surface area contributed by atoms with E-state index in [1.54, 1.807) is 36.4 Å². The van der Waals surface area contributed by atoms with Crippen LogP contribution in [0.15, 0.2) is 65.6 Å². The minimum absolute atomic E-state index is 0.0743. The van der Waals surface area contributed by atoms with Crippen molar-refractivity contribution in [3.8, 4) is 11.5 Å². The van der Waals surface area contributed by atoms with Crippen LogP contribution >= 0.6 is 0 Å². The Morgan fingerprint density at radius 3 is 2.15 bits per heavy atom. The molecule has 0 radical (unpaired) electrons. The molecular formula is C25H28N2O5S. The monoisotopic (exact) mass is 468 g/mol. The first-order valence-corrected chi connectivity index (χ1v) is 11.8. The Morgan fingerprint density at radius 1 is 0.879 bits per heavy atom. The third-order valence-electron chi connectivity index (χ3n) is 5.21. The molecule has 0 spiro atoms. The van der Waals surface area contributed by atoms with Crippen molar-refractivity contribution in [1.29, 1.82) is 0 Å². The van der Waals surface area contributed by atoms with Crippen LogP contribution in [0.3, 0.4) is 0 Å². The summed E-state index contributed by atoms with van der Waals surface area (Å²) >= 11 is 0. The predicted octanol–water partition coefficient (Wildman–Crippen LogP) is 4.46. The van der Waals surface area contributed by atoms with E-state index in [0.717, 1.165) is 21.0 Å². The Hall–Kier alpha value is -3.52. The van der Waals surface area contributed by atoms with E-state index in [1.165, 1.54) is 26.4 Å². The van der Waals surface area contributed by atoms with Gasteiger partial charge >= 0.3 is 0 Å². The first-order chi connectivity index (χ1) is 15.6. The number of hydrogen-bond donors (Lipinski definition) is 1. The molecule has 174 valence electrons. The summed E-state index contributed by atoms with van der Waals surface area (Å²) in [7, 11) is -1.13. The minimum atomic E-state index is -4.08. The summed E-state index contributed by atoms with van der Waals surface area (Å²) in [6.45, 7) is 5.28. The number of nitrogens with zero attached hydrogens (tertiary/aromatic N) is 1. The molecule has 7 nitrogen and oxygen atoms in total. The number of carbonyl (C=O) groups excluding carboxylic acids is 1. The number of methoxy groups -OCH3 is 2. The van der Waals surface area contributed by atoms with Crippen molar-refractivity contribution in [3.63, 3.8) is 0 Å². The number of amides is 1. The van der Waals surface area contributed by atoms with Crippen molar-refractivity contribution >= 4 is 27.3 Å². The Bertz CT molecular complexity index is 1250. The van der Waals surface area contributed by atoms with E-state index in [0.29, 0.717) is 11.4 Å². The van der Waals surface area contributed by atoms with E-state index in [9.17, 15) is 13.2 Å². The molecule has 0 saturated heterocycles. The first-order valence-electron chi connectivity index (χ1n) is 10.3. The van der Waals surface area contributed by atoms with Gasteiger partial charge in [-0.05, 0) is 56.7 Å². The Morgan fingerprint density at radius 2 is 1.55 bits per heavy atom. The van der Waals surface area contributed by atoms with Crippen LogP contribution in [0.2, 0.25) is 0 Å². The van der Waals surface area contributed by atoms with E-state index in [-0.39, 0.29) is 16.3 Å². The van der Waals surface area contributed by atoms with Crippen LogP contribution in [0.25, 0.3) is 0 Å². The standard InChI is InChI=1S/C25H28N2O5S/c1-17-6-10-21(11-7-17)33(29,30)27(23-13-9-20(31-4)15-24(23)32-5)16-25(28)26-22-12-8-18(2)14-19(22)3/h6-15H,16H2,1-5H3,(H,26,28). The molecular weight excluding hydrogens is 440 g/mol. The highest BCUT2D eigenvalue weighted by molar-refractivity contribution is 7.92. The lowest BCUT2D eigenvalue weighted by Gasteiger charge is -2.26. The maximum atomic E-state index is 13.6. The van der Waals surface area contributed by atoms with Gasteiger partial charge in [0.25, 0.3) is 10.0 Å². The van der Waals surface area contributed by atoms with Crippen molar-refractivity contribution in [1.82, 2.24) is 0 Å². The summed E-state index contributed by atoms with van der Waals surface area (Å²) in [6, 6.07) is 16.9. The van der Waals surface area contributed by atoms with Crippen LogP contribution in [-0.2, 0) is 14.8 Å². The molecule has 33 heavy (non-hydrogen) atoms. The topological polar surface area (TPSA) is 84.9 Å². The smallest absolute Gasteiger partial charge is 0.264 e. The van der Waals surface area contributed by atoms with E-state index < -0.39 is 22.5 Å². The maximum absolute atomic E-state index is 13.6. The van der Waals surface area contributed by atoms with Gasteiger partial charge in [-0.3, -0.25) is 9.10 Å². The molecule has 0 aromatic heterocycles. The van der Waals surface area contributed by atoms with Gasteiger partial charge in [0.1, 0.15) is 18.0 Å². The number of carbonyl (C=O) groups is 1. The number of anilines is 2. The largest absolute Gasteiger partial charge is 0.497 e. The molecule has 0 unspecified atom stereocenters. The maximum Gasteiger partial charge on any atom is 0.264 e. The molecule has 0 aliphatic heterocycles. The molecule has 3 aromatic carbocycles. The second-order valence-electron chi connectivity index (χ2n) is 7.73. The summed E-state index contributed by atoms with van der Waals surface area (Å²) in [5, 5.41) is 2.82. The predicted molar refractivity (Wildman–Crippen MR) is 130 cm³/mol. The fraction of sp³-hybridized carbons (Fsp3) is 0.240. The van der Waals surface area contributed by atoms with Crippen molar-refractivity contribution in [2.45, 2.75) is 25.7 Å². The van der Waals surface area contributed by atoms with Crippen molar-refractivity contribution in [2.75, 3.05) is 30.4 Å². The lowest BCUT2D eigenvalue weighted by molar-refractivity contribution is -0.114. The molecule has 0 atom stereocenters. The third-order valence-corrected chi connectivity index (χ3v) is 6.98. The van der Waals surface area contributed by atoms with Crippen LogP contribution < -0.4 is 19.1 Å². The SMILES string of the molecule is COc1ccc(N(CC(=O)Nc2ccc(C)cc2C)S(=O)(=O)c2ccc(C)cc2)c(OC)c1. The van der Waals surface area contributed by atoms with Crippen LogP contribution in [0.1, 0.15) is 16.7 Å². The minimum Gasteiger partial charge on any atom is -0.497 e. The second kappa shape index (κ2) is 9.95. The average Bonchev–Trinajstić information content (AvgIpc) is 2.79. The van der Waals surface area contributed by atoms with Gasteiger partial charge in [0.05, 0.1) is 24.8 Å². The Kier molecular flexibility index (Phi) is 7.28. The number of rotatable bonds is 8. The summed E-state index contributed by atoms with van der Waals surface area (Å²) in [4.78, 5) is 13.1. The summed E-state index contributed by atoms with van der Waals surface area (Å²) in [6.07, 6.45) is 0. The molecule has 3 aromatic rings. The molecule has 0 saturated carbocycles. The molecule has 8 heteroatoms. The third kappa shape index (κ3) is 5.46. The fourth-order valence-corrected chi connectivity index (χ4v) is 4.83. The van der Waals surface area contributed by atoms with Gasteiger partial charge in [-0.25, -0.2) is 8.42 Å². The molecule has 1 amide bonds. The number of nitrogens with one attached hydrogen (secondary N) is 1. The van der Waals surface area contributed by atoms with E-state index in [2.05, 4.69) is 5.32 Å². The molecule has 0 bridgehead atoms. The number of hydrogen-bond acceptors (Lipinski definition) is 5. The Balaban J connectivity index is 2.03. The molecule has 0 heterocycles. The summed E-state index contributed by atoms with van der Waals surface area (Å²) in [5.74, 6) is 0.294. The van der Waals surface area contributed by atoms with Gasteiger partial charge in [-0.1, -0.05) is 35.4 Å². The summed E-state index contributed by atoms with van der Waals surface area (Å²) < 4.78 is 39.0. The molecule has 0 aliphatic rings. The highest BCUT2D eigenvalue weighted by Gasteiger charge is 2.30. The molecule has 1 N–H and O–H groups in total. The Labute approximate surface area is 195 Å². The van der Waals surface area contributed by atoms with E-state index in [1.807, 2.05) is 32.9 Å². The highest BCUT2D eigenvalue weighted by atomic mass is 32.2. The number of benzene rings is 3. The zero-order valence-electron chi connectivity index (χ0n) is 19.4. The second-order valence-corrected chi connectivity index (χ2v) is 9.59. The van der Waals surface area contributed by atoms with Gasteiger partial charge in [-0.2, -0.15) is 0 Å². The van der Waals surface area contributed by atoms with Crippen molar-refractivity contribution < 1.29 is 22.7 Å². The van der Waals surface area contributed by atoms with Gasteiger partial charge in [0.15, 0.2) is 0 Å². The molecule has 0 aliphatic carbocycles. The normalized spacial score (nSPS) is 11.1.